The van der Waals surface area contributed by atoms with Crippen LogP contribution in [0.2, 0.25) is 0 Å². The molecule has 29 heavy (non-hydrogen) atoms. The molecule has 2 aliphatic rings. The van der Waals surface area contributed by atoms with Crippen LogP contribution in [-0.4, -0.2) is 52.9 Å². The summed E-state index contributed by atoms with van der Waals surface area (Å²) in [6.07, 6.45) is 3.81. The van der Waals surface area contributed by atoms with Crippen molar-refractivity contribution in [2.45, 2.75) is 50.5 Å². The maximum absolute atomic E-state index is 12.3. The standard InChI is InChI=1S/C21H27N5O2S/c27-20(24-13-18-5-3-9-29-18)7-6-17-12-25-21(28)19-10-16(14-26(17)19)23-11-15-4-1-2-8-22-15/h1-5,8-9,16-17,19,23H,6-7,10-14H2,(H,24,27)(H,25,28)/t16-,17+,19-/m0/s1. The highest BCUT2D eigenvalue weighted by Crippen LogP contribution is 2.26. The smallest absolute Gasteiger partial charge is 0.237 e. The molecule has 3 atom stereocenters. The van der Waals surface area contributed by atoms with E-state index >= 15 is 0 Å². The average molecular weight is 414 g/mol. The number of nitrogens with one attached hydrogen (secondary N) is 3. The first-order chi connectivity index (χ1) is 14.2. The number of fused-ring (bicyclic) bond motifs is 1. The van der Waals surface area contributed by atoms with Gasteiger partial charge in [0, 0.05) is 49.2 Å². The Labute approximate surface area is 174 Å². The number of hydrogen-bond donors (Lipinski definition) is 3. The Morgan fingerprint density at radius 1 is 1.28 bits per heavy atom. The number of piperazine rings is 1. The number of pyridine rings is 1. The van der Waals surface area contributed by atoms with Crippen molar-refractivity contribution in [3.8, 4) is 0 Å². The second-order valence-electron chi connectivity index (χ2n) is 7.64. The molecule has 2 aromatic heterocycles. The van der Waals surface area contributed by atoms with Gasteiger partial charge < -0.3 is 16.0 Å². The number of thiophene rings is 1. The molecule has 4 heterocycles. The van der Waals surface area contributed by atoms with E-state index in [0.717, 1.165) is 30.0 Å². The van der Waals surface area contributed by atoms with E-state index < -0.39 is 0 Å². The fraction of sp³-hybridized carbons (Fsp3) is 0.476. The number of hydrogen-bond acceptors (Lipinski definition) is 6. The highest BCUT2D eigenvalue weighted by atomic mass is 32.1. The Hall–Kier alpha value is -2.29. The highest BCUT2D eigenvalue weighted by Gasteiger charge is 2.43. The molecule has 7 nitrogen and oxygen atoms in total. The molecule has 0 bridgehead atoms. The summed E-state index contributed by atoms with van der Waals surface area (Å²) in [4.78, 5) is 32.4. The number of aromatic nitrogens is 1. The molecule has 0 unspecified atom stereocenters. The second kappa shape index (κ2) is 9.47. The topological polar surface area (TPSA) is 86.4 Å². The van der Waals surface area contributed by atoms with Gasteiger partial charge >= 0.3 is 0 Å². The Kier molecular flexibility index (Phi) is 6.53. The summed E-state index contributed by atoms with van der Waals surface area (Å²) >= 11 is 1.65. The largest absolute Gasteiger partial charge is 0.353 e. The molecule has 2 saturated heterocycles. The van der Waals surface area contributed by atoms with E-state index in [9.17, 15) is 9.59 Å². The minimum atomic E-state index is -0.107. The summed E-state index contributed by atoms with van der Waals surface area (Å²) in [5.74, 6) is 0.168. The molecular weight excluding hydrogens is 386 g/mol. The number of carbonyl (C=O) groups excluding carboxylic acids is 2. The van der Waals surface area contributed by atoms with Gasteiger partial charge in [-0.25, -0.2) is 0 Å². The van der Waals surface area contributed by atoms with E-state index in [1.54, 1.807) is 17.5 Å². The van der Waals surface area contributed by atoms with Gasteiger partial charge in [-0.1, -0.05) is 12.1 Å². The minimum absolute atomic E-state index is 0.0656. The fourth-order valence-electron chi connectivity index (χ4n) is 4.13. The third-order valence-corrected chi connectivity index (χ3v) is 6.54. The van der Waals surface area contributed by atoms with Crippen LogP contribution >= 0.6 is 11.3 Å². The number of carbonyl (C=O) groups is 2. The van der Waals surface area contributed by atoms with Gasteiger partial charge in [-0.3, -0.25) is 19.5 Å². The number of nitrogens with zero attached hydrogens (tertiary/aromatic N) is 2. The van der Waals surface area contributed by atoms with Gasteiger partial charge in [0.2, 0.25) is 11.8 Å². The van der Waals surface area contributed by atoms with E-state index in [1.165, 1.54) is 0 Å². The van der Waals surface area contributed by atoms with Crippen molar-refractivity contribution in [1.29, 1.82) is 0 Å². The molecule has 2 aromatic rings. The lowest BCUT2D eigenvalue weighted by atomic mass is 10.0. The normalized spacial score (nSPS) is 24.1. The predicted octanol–water partition coefficient (Wildman–Crippen LogP) is 1.27. The summed E-state index contributed by atoms with van der Waals surface area (Å²) in [5.41, 5.74) is 1.00. The molecule has 0 aromatic carbocycles. The summed E-state index contributed by atoms with van der Waals surface area (Å²) in [5, 5.41) is 11.6. The summed E-state index contributed by atoms with van der Waals surface area (Å²) in [6, 6.07) is 10.2. The maximum atomic E-state index is 12.3. The lowest BCUT2D eigenvalue weighted by Gasteiger charge is -2.37. The van der Waals surface area contributed by atoms with E-state index in [1.807, 2.05) is 35.7 Å². The van der Waals surface area contributed by atoms with Crippen molar-refractivity contribution < 1.29 is 9.59 Å². The van der Waals surface area contributed by atoms with Crippen molar-refractivity contribution in [1.82, 2.24) is 25.8 Å². The van der Waals surface area contributed by atoms with Crippen LogP contribution in [0.3, 0.4) is 0 Å². The van der Waals surface area contributed by atoms with Crippen molar-refractivity contribution in [3.05, 3.63) is 52.5 Å². The van der Waals surface area contributed by atoms with Crippen LogP contribution in [0.25, 0.3) is 0 Å². The lowest BCUT2D eigenvalue weighted by Crippen LogP contribution is -2.58. The Morgan fingerprint density at radius 2 is 2.21 bits per heavy atom. The van der Waals surface area contributed by atoms with Crippen LogP contribution in [0.15, 0.2) is 41.9 Å². The van der Waals surface area contributed by atoms with Crippen molar-refractivity contribution >= 4 is 23.2 Å². The van der Waals surface area contributed by atoms with Crippen molar-refractivity contribution in [2.24, 2.45) is 0 Å². The molecule has 3 N–H and O–H groups in total. The van der Waals surface area contributed by atoms with Gasteiger partial charge in [0.25, 0.3) is 0 Å². The molecule has 2 fully saturated rings. The van der Waals surface area contributed by atoms with E-state index in [0.29, 0.717) is 26.1 Å². The molecule has 4 rings (SSSR count). The zero-order valence-electron chi connectivity index (χ0n) is 16.3. The molecule has 0 saturated carbocycles. The zero-order valence-corrected chi connectivity index (χ0v) is 17.2. The van der Waals surface area contributed by atoms with Gasteiger partial charge in [0.1, 0.15) is 0 Å². The molecule has 154 valence electrons. The number of rotatable bonds is 8. The first kappa shape index (κ1) is 20.0. The van der Waals surface area contributed by atoms with Crippen LogP contribution in [-0.2, 0) is 22.7 Å². The monoisotopic (exact) mass is 413 g/mol. The van der Waals surface area contributed by atoms with Crippen LogP contribution in [0.1, 0.15) is 29.8 Å². The van der Waals surface area contributed by atoms with E-state index in [-0.39, 0.29) is 29.9 Å². The third kappa shape index (κ3) is 5.20. The molecule has 0 radical (unpaired) electrons. The van der Waals surface area contributed by atoms with E-state index in [4.69, 9.17) is 0 Å². The Bertz CT molecular complexity index is 814. The van der Waals surface area contributed by atoms with Gasteiger partial charge in [-0.05, 0) is 36.4 Å². The second-order valence-corrected chi connectivity index (χ2v) is 8.67. The Morgan fingerprint density at radius 3 is 3.00 bits per heavy atom. The molecule has 2 amide bonds. The fourth-order valence-corrected chi connectivity index (χ4v) is 4.77. The van der Waals surface area contributed by atoms with Crippen LogP contribution in [0.5, 0.6) is 0 Å². The van der Waals surface area contributed by atoms with Crippen LogP contribution in [0, 0.1) is 0 Å². The maximum Gasteiger partial charge on any atom is 0.237 e. The number of amides is 2. The van der Waals surface area contributed by atoms with Gasteiger partial charge in [-0.15, -0.1) is 11.3 Å². The SMILES string of the molecule is O=C(CC[C@@H]1CNC(=O)[C@@H]2C[C@H](NCc3ccccn3)CN12)NCc1cccs1. The van der Waals surface area contributed by atoms with Gasteiger partial charge in [0.05, 0.1) is 18.3 Å². The Balaban J connectivity index is 1.26. The predicted molar refractivity (Wildman–Crippen MR) is 112 cm³/mol. The highest BCUT2D eigenvalue weighted by molar-refractivity contribution is 7.09. The molecule has 2 aliphatic heterocycles. The molecule has 0 spiro atoms. The lowest BCUT2D eigenvalue weighted by molar-refractivity contribution is -0.129. The third-order valence-electron chi connectivity index (χ3n) is 5.67. The van der Waals surface area contributed by atoms with Crippen LogP contribution in [0.4, 0.5) is 0 Å². The first-order valence-corrected chi connectivity index (χ1v) is 11.0. The van der Waals surface area contributed by atoms with Crippen molar-refractivity contribution in [3.63, 3.8) is 0 Å². The zero-order chi connectivity index (χ0) is 20.1. The molecule has 8 heteroatoms. The minimum Gasteiger partial charge on any atom is -0.353 e. The van der Waals surface area contributed by atoms with Crippen molar-refractivity contribution in [2.75, 3.05) is 13.1 Å². The van der Waals surface area contributed by atoms with Gasteiger partial charge in [-0.2, -0.15) is 0 Å². The molecule has 0 aliphatic carbocycles. The summed E-state index contributed by atoms with van der Waals surface area (Å²) in [7, 11) is 0. The summed E-state index contributed by atoms with van der Waals surface area (Å²) < 4.78 is 0. The summed E-state index contributed by atoms with van der Waals surface area (Å²) in [6.45, 7) is 2.72. The molecular formula is C21H27N5O2S. The van der Waals surface area contributed by atoms with Crippen LogP contribution < -0.4 is 16.0 Å². The first-order valence-electron chi connectivity index (χ1n) is 10.1. The van der Waals surface area contributed by atoms with E-state index in [2.05, 4.69) is 25.8 Å². The average Bonchev–Trinajstić information content (AvgIpc) is 3.41. The van der Waals surface area contributed by atoms with Gasteiger partial charge in [0.15, 0.2) is 0 Å². The quantitative estimate of drug-likeness (QED) is 0.607.